The number of benzene rings is 1. The minimum atomic E-state index is 0.110. The third-order valence-corrected chi connectivity index (χ3v) is 4.89. The molecule has 1 aromatic rings. The van der Waals surface area contributed by atoms with E-state index in [1.807, 2.05) is 11.8 Å². The van der Waals surface area contributed by atoms with E-state index in [9.17, 15) is 0 Å². The van der Waals surface area contributed by atoms with Crippen LogP contribution in [0.2, 0.25) is 0 Å². The minimum absolute atomic E-state index is 0.110. The van der Waals surface area contributed by atoms with Gasteiger partial charge in [0.25, 0.3) is 0 Å². The number of hydrogen-bond donors (Lipinski definition) is 1. The molecule has 0 aromatic heterocycles. The number of aliphatic imine (C=N–C) groups is 1. The van der Waals surface area contributed by atoms with E-state index in [-0.39, 0.29) is 11.0 Å². The maximum atomic E-state index is 4.87. The second kappa shape index (κ2) is 5.80. The van der Waals surface area contributed by atoms with E-state index in [0.29, 0.717) is 0 Å². The van der Waals surface area contributed by atoms with Gasteiger partial charge in [-0.25, -0.2) is 0 Å². The number of hydrogen-bond acceptors (Lipinski definition) is 3. The lowest BCUT2D eigenvalue weighted by Crippen LogP contribution is -2.29. The SMILES string of the molecule is CCC1(C)CCSC(Nc2ccc(C(C)(C)C)cc2)=N1. The van der Waals surface area contributed by atoms with Gasteiger partial charge in [-0.2, -0.15) is 0 Å². The first-order valence-corrected chi connectivity index (χ1v) is 8.41. The van der Waals surface area contributed by atoms with Crippen molar-refractivity contribution in [2.24, 2.45) is 4.99 Å². The number of anilines is 1. The van der Waals surface area contributed by atoms with Crippen LogP contribution in [0.3, 0.4) is 0 Å². The Kier molecular flexibility index (Phi) is 4.48. The Labute approximate surface area is 127 Å². The van der Waals surface area contributed by atoms with E-state index >= 15 is 0 Å². The maximum absolute atomic E-state index is 4.87. The van der Waals surface area contributed by atoms with E-state index in [2.05, 4.69) is 64.2 Å². The van der Waals surface area contributed by atoms with Gasteiger partial charge in [0.1, 0.15) is 0 Å². The van der Waals surface area contributed by atoms with Crippen LogP contribution in [-0.4, -0.2) is 16.5 Å². The molecule has 0 spiro atoms. The van der Waals surface area contributed by atoms with Crippen molar-refractivity contribution in [2.75, 3.05) is 11.1 Å². The van der Waals surface area contributed by atoms with Gasteiger partial charge in [0.15, 0.2) is 5.17 Å². The highest BCUT2D eigenvalue weighted by Gasteiger charge is 2.25. The second-order valence-corrected chi connectivity index (χ2v) is 7.90. The van der Waals surface area contributed by atoms with Crippen LogP contribution in [0.15, 0.2) is 29.3 Å². The molecule has 20 heavy (non-hydrogen) atoms. The molecule has 0 bridgehead atoms. The lowest BCUT2D eigenvalue weighted by atomic mass is 9.87. The van der Waals surface area contributed by atoms with Crippen LogP contribution >= 0.6 is 11.8 Å². The Morgan fingerprint density at radius 3 is 2.45 bits per heavy atom. The van der Waals surface area contributed by atoms with Gasteiger partial charge in [0.05, 0.1) is 5.54 Å². The van der Waals surface area contributed by atoms with Gasteiger partial charge in [-0.15, -0.1) is 0 Å². The van der Waals surface area contributed by atoms with Crippen molar-refractivity contribution in [2.45, 2.75) is 58.4 Å². The van der Waals surface area contributed by atoms with E-state index in [1.54, 1.807) is 0 Å². The van der Waals surface area contributed by atoms with Crippen LogP contribution in [0.25, 0.3) is 0 Å². The van der Waals surface area contributed by atoms with Gasteiger partial charge in [0, 0.05) is 11.4 Å². The lowest BCUT2D eigenvalue weighted by molar-refractivity contribution is 0.443. The standard InChI is InChI=1S/C17H26N2S/c1-6-17(5)11-12-20-15(19-17)18-14-9-7-13(8-10-14)16(2,3)4/h7-10H,6,11-12H2,1-5H3,(H,18,19). The molecule has 2 nitrogen and oxygen atoms in total. The number of rotatable bonds is 2. The fraction of sp³-hybridized carbons (Fsp3) is 0.588. The Hall–Kier alpha value is -0.960. The molecule has 0 aliphatic carbocycles. The van der Waals surface area contributed by atoms with Gasteiger partial charge < -0.3 is 5.32 Å². The molecule has 0 saturated heterocycles. The average Bonchev–Trinajstić information content (AvgIpc) is 2.38. The monoisotopic (exact) mass is 290 g/mol. The van der Waals surface area contributed by atoms with Crippen molar-refractivity contribution in [3.8, 4) is 0 Å². The fourth-order valence-corrected chi connectivity index (χ4v) is 3.41. The molecule has 0 saturated carbocycles. The highest BCUT2D eigenvalue weighted by atomic mass is 32.2. The van der Waals surface area contributed by atoms with E-state index in [4.69, 9.17) is 4.99 Å². The summed E-state index contributed by atoms with van der Waals surface area (Å²) >= 11 is 1.82. The van der Waals surface area contributed by atoms with Crippen molar-refractivity contribution < 1.29 is 0 Å². The smallest absolute Gasteiger partial charge is 0.161 e. The molecule has 1 aliphatic heterocycles. The first-order valence-electron chi connectivity index (χ1n) is 7.43. The molecule has 0 fully saturated rings. The van der Waals surface area contributed by atoms with Crippen LogP contribution in [-0.2, 0) is 5.41 Å². The summed E-state index contributed by atoms with van der Waals surface area (Å²) < 4.78 is 0. The van der Waals surface area contributed by atoms with E-state index in [1.165, 1.54) is 12.0 Å². The number of amidine groups is 1. The summed E-state index contributed by atoms with van der Waals surface area (Å²) in [6.07, 6.45) is 2.27. The predicted molar refractivity (Wildman–Crippen MR) is 92.0 cm³/mol. The maximum Gasteiger partial charge on any atom is 0.161 e. The molecule has 0 radical (unpaired) electrons. The first kappa shape index (κ1) is 15.4. The molecular formula is C17H26N2S. The fourth-order valence-electron chi connectivity index (χ4n) is 2.20. The highest BCUT2D eigenvalue weighted by Crippen LogP contribution is 2.30. The van der Waals surface area contributed by atoms with Gasteiger partial charge >= 0.3 is 0 Å². The Morgan fingerprint density at radius 2 is 1.90 bits per heavy atom. The summed E-state index contributed by atoms with van der Waals surface area (Å²) in [5.74, 6) is 1.15. The Balaban J connectivity index is 2.11. The summed E-state index contributed by atoms with van der Waals surface area (Å²) in [6, 6.07) is 8.72. The molecule has 2 rings (SSSR count). The van der Waals surface area contributed by atoms with Crippen molar-refractivity contribution in [1.29, 1.82) is 0 Å². The summed E-state index contributed by atoms with van der Waals surface area (Å²) in [4.78, 5) is 4.87. The van der Waals surface area contributed by atoms with Gasteiger partial charge in [-0.3, -0.25) is 4.99 Å². The predicted octanol–water partition coefficient (Wildman–Crippen LogP) is 5.06. The van der Waals surface area contributed by atoms with Gasteiger partial charge in [0.2, 0.25) is 0 Å². The minimum Gasteiger partial charge on any atom is -0.335 e. The van der Waals surface area contributed by atoms with Crippen LogP contribution in [0.1, 0.15) is 53.0 Å². The summed E-state index contributed by atoms with van der Waals surface area (Å²) in [7, 11) is 0. The zero-order chi connectivity index (χ0) is 14.8. The zero-order valence-corrected chi connectivity index (χ0v) is 14.1. The molecule has 1 unspecified atom stereocenters. The zero-order valence-electron chi connectivity index (χ0n) is 13.3. The topological polar surface area (TPSA) is 24.4 Å². The van der Waals surface area contributed by atoms with Crippen LogP contribution in [0.4, 0.5) is 5.69 Å². The van der Waals surface area contributed by atoms with E-state index in [0.717, 1.165) is 23.0 Å². The van der Waals surface area contributed by atoms with E-state index < -0.39 is 0 Å². The summed E-state index contributed by atoms with van der Waals surface area (Å²) in [5.41, 5.74) is 2.80. The lowest BCUT2D eigenvalue weighted by Gasteiger charge is -2.29. The molecule has 1 heterocycles. The van der Waals surface area contributed by atoms with Crippen LogP contribution < -0.4 is 5.32 Å². The first-order chi connectivity index (χ1) is 9.32. The van der Waals surface area contributed by atoms with Crippen LogP contribution in [0, 0.1) is 0 Å². The molecule has 1 N–H and O–H groups in total. The van der Waals surface area contributed by atoms with Crippen molar-refractivity contribution in [1.82, 2.24) is 0 Å². The van der Waals surface area contributed by atoms with Crippen molar-refractivity contribution >= 4 is 22.6 Å². The molecular weight excluding hydrogens is 264 g/mol. The molecule has 1 aromatic carbocycles. The third-order valence-electron chi connectivity index (χ3n) is 4.01. The van der Waals surface area contributed by atoms with Gasteiger partial charge in [-0.05, 0) is 42.9 Å². The number of nitrogens with zero attached hydrogens (tertiary/aromatic N) is 1. The molecule has 1 aliphatic rings. The van der Waals surface area contributed by atoms with Gasteiger partial charge in [-0.1, -0.05) is 51.6 Å². The average molecular weight is 290 g/mol. The summed E-state index contributed by atoms with van der Waals surface area (Å²) in [5, 5.41) is 4.52. The number of nitrogens with one attached hydrogen (secondary N) is 1. The third kappa shape index (κ3) is 3.78. The van der Waals surface area contributed by atoms with Crippen LogP contribution in [0.5, 0.6) is 0 Å². The molecule has 0 amide bonds. The highest BCUT2D eigenvalue weighted by molar-refractivity contribution is 8.14. The number of thioether (sulfide) groups is 1. The molecule has 3 heteroatoms. The quantitative estimate of drug-likeness (QED) is 0.823. The Bertz CT molecular complexity index is 485. The van der Waals surface area contributed by atoms with Crippen molar-refractivity contribution in [3.63, 3.8) is 0 Å². The second-order valence-electron chi connectivity index (χ2n) is 6.82. The molecule has 110 valence electrons. The Morgan fingerprint density at radius 1 is 1.25 bits per heavy atom. The normalized spacial score (nSPS) is 23.4. The van der Waals surface area contributed by atoms with Crippen molar-refractivity contribution in [3.05, 3.63) is 29.8 Å². The molecule has 1 atom stereocenters. The summed E-state index contributed by atoms with van der Waals surface area (Å²) in [6.45, 7) is 11.2. The largest absolute Gasteiger partial charge is 0.335 e.